The Bertz CT molecular complexity index is 1290. The molecule has 0 spiro atoms. The molecule has 1 aromatic heterocycles. The molecule has 0 fully saturated rings. The number of hydrogen-bond acceptors (Lipinski definition) is 5. The molecule has 0 bridgehead atoms. The predicted molar refractivity (Wildman–Crippen MR) is 130 cm³/mol. The fourth-order valence-corrected chi connectivity index (χ4v) is 5.69. The van der Waals surface area contributed by atoms with Gasteiger partial charge < -0.3 is 10.1 Å². The number of halogens is 1. The predicted octanol–water partition coefficient (Wildman–Crippen LogP) is 5.99. The second kappa shape index (κ2) is 9.39. The van der Waals surface area contributed by atoms with Crippen LogP contribution in [-0.2, 0) is 20.9 Å². The van der Waals surface area contributed by atoms with Gasteiger partial charge in [-0.15, -0.1) is 11.3 Å². The van der Waals surface area contributed by atoms with Crippen molar-refractivity contribution in [1.29, 1.82) is 0 Å². The summed E-state index contributed by atoms with van der Waals surface area (Å²) in [5.41, 5.74) is 3.26. The van der Waals surface area contributed by atoms with Gasteiger partial charge >= 0.3 is 5.97 Å². The Labute approximate surface area is 201 Å². The minimum absolute atomic E-state index is 0.0683. The normalized spacial score (nSPS) is 20.1. The Kier molecular flexibility index (Phi) is 6.16. The molecule has 6 heteroatoms. The SMILES string of the molecule is CC1=C(C(=O)OCc2ccccc2)[C@H](c2ccccc2F)C2=C(C[C@H](c3cccs3)CC2=O)N1. The van der Waals surface area contributed by atoms with Crippen LogP contribution >= 0.6 is 11.3 Å². The second-order valence-electron chi connectivity index (χ2n) is 8.62. The smallest absolute Gasteiger partial charge is 0.337 e. The van der Waals surface area contributed by atoms with Crippen molar-refractivity contribution < 1.29 is 18.7 Å². The molecule has 0 amide bonds. The van der Waals surface area contributed by atoms with Crippen LogP contribution in [0, 0.1) is 5.82 Å². The van der Waals surface area contributed by atoms with E-state index in [-0.39, 0.29) is 23.9 Å². The Morgan fingerprint density at radius 2 is 1.82 bits per heavy atom. The van der Waals surface area contributed by atoms with Crippen molar-refractivity contribution in [3.63, 3.8) is 0 Å². The fourth-order valence-electron chi connectivity index (χ4n) is 4.86. The van der Waals surface area contributed by atoms with Gasteiger partial charge in [0, 0.05) is 39.7 Å². The van der Waals surface area contributed by atoms with Crippen molar-refractivity contribution in [2.45, 2.75) is 38.2 Å². The van der Waals surface area contributed by atoms with E-state index >= 15 is 4.39 Å². The van der Waals surface area contributed by atoms with Gasteiger partial charge in [-0.05, 0) is 36.4 Å². The maximum atomic E-state index is 15.0. The topological polar surface area (TPSA) is 55.4 Å². The minimum Gasteiger partial charge on any atom is -0.457 e. The van der Waals surface area contributed by atoms with E-state index in [2.05, 4.69) is 5.32 Å². The molecule has 0 radical (unpaired) electrons. The van der Waals surface area contributed by atoms with Crippen molar-refractivity contribution in [2.24, 2.45) is 0 Å². The molecular weight excluding hydrogens is 449 g/mol. The van der Waals surface area contributed by atoms with Crippen LogP contribution < -0.4 is 5.32 Å². The number of thiophene rings is 1. The summed E-state index contributed by atoms with van der Waals surface area (Å²) in [6.07, 6.45) is 0.966. The molecule has 172 valence electrons. The molecule has 1 N–H and O–H groups in total. The number of rotatable bonds is 5. The van der Waals surface area contributed by atoms with Crippen molar-refractivity contribution in [1.82, 2.24) is 5.32 Å². The third kappa shape index (κ3) is 4.21. The number of nitrogens with one attached hydrogen (secondary N) is 1. The number of ether oxygens (including phenoxy) is 1. The standard InChI is InChI=1S/C28H24FNO3S/c1-17-25(28(32)33-16-18-8-3-2-4-9-18)26(20-10-5-6-11-21(20)29)27-22(30-17)14-19(15-23(27)31)24-12-7-13-34-24/h2-13,19,26,30H,14-16H2,1H3/t19-,26-/m0/s1. The highest BCUT2D eigenvalue weighted by Gasteiger charge is 2.42. The van der Waals surface area contributed by atoms with E-state index in [1.165, 1.54) is 6.07 Å². The lowest BCUT2D eigenvalue weighted by molar-refractivity contribution is -0.140. The number of dihydropyridines is 1. The van der Waals surface area contributed by atoms with Gasteiger partial charge in [0.2, 0.25) is 0 Å². The third-order valence-corrected chi connectivity index (χ3v) is 7.46. The molecule has 1 aliphatic carbocycles. The summed E-state index contributed by atoms with van der Waals surface area (Å²) in [6.45, 7) is 1.89. The molecule has 0 saturated carbocycles. The average Bonchev–Trinajstić information content (AvgIpc) is 3.38. The van der Waals surface area contributed by atoms with Crippen molar-refractivity contribution in [2.75, 3.05) is 0 Å². The first kappa shape index (κ1) is 22.3. The van der Waals surface area contributed by atoms with Crippen LogP contribution in [0.15, 0.2) is 94.7 Å². The lowest BCUT2D eigenvalue weighted by Gasteiger charge is -2.36. The molecule has 1 aliphatic heterocycles. The van der Waals surface area contributed by atoms with E-state index in [0.29, 0.717) is 29.7 Å². The second-order valence-corrected chi connectivity index (χ2v) is 9.60. The van der Waals surface area contributed by atoms with E-state index in [9.17, 15) is 9.59 Å². The largest absolute Gasteiger partial charge is 0.457 e. The third-order valence-electron chi connectivity index (χ3n) is 6.42. The molecular formula is C28H24FNO3S. The highest BCUT2D eigenvalue weighted by molar-refractivity contribution is 7.10. The molecule has 3 aromatic rings. The van der Waals surface area contributed by atoms with Crippen molar-refractivity contribution >= 4 is 23.1 Å². The van der Waals surface area contributed by atoms with Crippen LogP contribution in [0.25, 0.3) is 0 Å². The Morgan fingerprint density at radius 1 is 1.06 bits per heavy atom. The summed E-state index contributed by atoms with van der Waals surface area (Å²) in [4.78, 5) is 28.0. The Morgan fingerprint density at radius 3 is 2.56 bits per heavy atom. The zero-order valence-electron chi connectivity index (χ0n) is 18.7. The molecule has 2 aromatic carbocycles. The number of allylic oxidation sites excluding steroid dienone is 3. The zero-order chi connectivity index (χ0) is 23.7. The van der Waals surface area contributed by atoms with Crippen LogP contribution in [0.1, 0.15) is 47.6 Å². The molecule has 34 heavy (non-hydrogen) atoms. The molecule has 2 heterocycles. The summed E-state index contributed by atoms with van der Waals surface area (Å²) in [6, 6.07) is 19.8. The number of carbonyl (C=O) groups is 2. The lowest BCUT2D eigenvalue weighted by atomic mass is 9.72. The highest BCUT2D eigenvalue weighted by atomic mass is 32.1. The van der Waals surface area contributed by atoms with Crippen molar-refractivity contribution in [3.05, 3.63) is 116 Å². The molecule has 0 saturated heterocycles. The van der Waals surface area contributed by atoms with Crippen LogP contribution in [0.5, 0.6) is 0 Å². The summed E-state index contributed by atoms with van der Waals surface area (Å²) in [5, 5.41) is 5.31. The van der Waals surface area contributed by atoms with Crippen LogP contribution in [0.3, 0.4) is 0 Å². The van der Waals surface area contributed by atoms with Crippen LogP contribution in [0.2, 0.25) is 0 Å². The summed E-state index contributed by atoms with van der Waals surface area (Å²) < 4.78 is 20.7. The quantitative estimate of drug-likeness (QED) is 0.463. The first-order chi connectivity index (χ1) is 16.5. The first-order valence-corrected chi connectivity index (χ1v) is 12.1. The first-order valence-electron chi connectivity index (χ1n) is 11.3. The van der Waals surface area contributed by atoms with Gasteiger partial charge in [-0.3, -0.25) is 4.79 Å². The van der Waals surface area contributed by atoms with E-state index < -0.39 is 17.7 Å². The number of ketones is 1. The molecule has 4 nitrogen and oxygen atoms in total. The minimum atomic E-state index is -0.808. The molecule has 5 rings (SSSR count). The molecule has 2 aliphatic rings. The van der Waals surface area contributed by atoms with Gasteiger partial charge in [0.1, 0.15) is 12.4 Å². The van der Waals surface area contributed by atoms with Crippen molar-refractivity contribution in [3.8, 4) is 0 Å². The summed E-state index contributed by atoms with van der Waals surface area (Å²) >= 11 is 1.63. The Balaban J connectivity index is 1.53. The monoisotopic (exact) mass is 473 g/mol. The van der Waals surface area contributed by atoms with Crippen LogP contribution in [-0.4, -0.2) is 11.8 Å². The zero-order valence-corrected chi connectivity index (χ0v) is 19.5. The maximum absolute atomic E-state index is 15.0. The van der Waals surface area contributed by atoms with Gasteiger partial charge in [0.05, 0.1) is 11.5 Å². The number of Topliss-reactive ketones (excluding diaryl/α,β-unsaturated/α-hetero) is 1. The van der Waals surface area contributed by atoms with Gasteiger partial charge in [0.15, 0.2) is 5.78 Å². The molecule has 2 atom stereocenters. The lowest BCUT2D eigenvalue weighted by Crippen LogP contribution is -2.36. The Hall–Kier alpha value is -3.51. The number of benzene rings is 2. The summed E-state index contributed by atoms with van der Waals surface area (Å²) in [7, 11) is 0. The maximum Gasteiger partial charge on any atom is 0.337 e. The average molecular weight is 474 g/mol. The molecule has 0 unspecified atom stereocenters. The fraction of sp³-hybridized carbons (Fsp3) is 0.214. The van der Waals surface area contributed by atoms with Crippen LogP contribution in [0.4, 0.5) is 4.39 Å². The summed E-state index contributed by atoms with van der Waals surface area (Å²) in [5.74, 6) is -1.81. The van der Waals surface area contributed by atoms with E-state index in [0.717, 1.165) is 16.1 Å². The van der Waals surface area contributed by atoms with Gasteiger partial charge in [-0.2, -0.15) is 0 Å². The number of carbonyl (C=O) groups excluding carboxylic acids is 2. The van der Waals surface area contributed by atoms with Gasteiger partial charge in [-0.25, -0.2) is 9.18 Å². The van der Waals surface area contributed by atoms with E-state index in [1.54, 1.807) is 36.5 Å². The van der Waals surface area contributed by atoms with Gasteiger partial charge in [0.25, 0.3) is 0 Å². The number of esters is 1. The highest BCUT2D eigenvalue weighted by Crippen LogP contribution is 2.46. The van der Waals surface area contributed by atoms with E-state index in [4.69, 9.17) is 4.74 Å². The van der Waals surface area contributed by atoms with E-state index in [1.807, 2.05) is 47.8 Å². The number of hydrogen-bond donors (Lipinski definition) is 1. The van der Waals surface area contributed by atoms with Gasteiger partial charge in [-0.1, -0.05) is 54.6 Å².